The standard InChI is InChI=1S/C58H37NO/c1-2-12-39(13-3-1)50-19-8-16-42-17-9-20-51(56(42)50)41-27-31-48(32-28-41)59(55-22-10-21-53-54-34-30-40-14-6-7-18-52(40)57(54)60-58(53)55)49-33-29-46-36-45(25-26-47(46)37-49)44-24-23-38-11-4-5-15-43(38)35-44/h1-37H. The molecule has 0 aliphatic heterocycles. The highest BCUT2D eigenvalue weighted by Gasteiger charge is 2.21. The molecule has 0 amide bonds. The molecule has 0 fully saturated rings. The zero-order valence-electron chi connectivity index (χ0n) is 32.7. The van der Waals surface area contributed by atoms with Gasteiger partial charge in [0, 0.05) is 27.5 Å². The third kappa shape index (κ3) is 5.65. The van der Waals surface area contributed by atoms with Crippen LogP contribution >= 0.6 is 0 Å². The first-order chi connectivity index (χ1) is 29.7. The first-order valence-corrected chi connectivity index (χ1v) is 20.6. The summed E-state index contributed by atoms with van der Waals surface area (Å²) in [6.45, 7) is 0. The molecule has 12 rings (SSSR count). The summed E-state index contributed by atoms with van der Waals surface area (Å²) in [6, 6.07) is 81.2. The van der Waals surface area contributed by atoms with Crippen LogP contribution in [0, 0.1) is 0 Å². The lowest BCUT2D eigenvalue weighted by Crippen LogP contribution is -2.10. The summed E-state index contributed by atoms with van der Waals surface area (Å²) in [7, 11) is 0. The summed E-state index contributed by atoms with van der Waals surface area (Å²) in [4.78, 5) is 2.35. The topological polar surface area (TPSA) is 16.4 Å². The zero-order valence-corrected chi connectivity index (χ0v) is 32.7. The number of hydrogen-bond donors (Lipinski definition) is 0. The van der Waals surface area contributed by atoms with E-state index < -0.39 is 0 Å². The molecule has 0 atom stereocenters. The minimum Gasteiger partial charge on any atom is -0.453 e. The summed E-state index contributed by atoms with van der Waals surface area (Å²) in [5, 5.41) is 11.8. The minimum absolute atomic E-state index is 0.862. The monoisotopic (exact) mass is 763 g/mol. The fraction of sp³-hybridized carbons (Fsp3) is 0. The summed E-state index contributed by atoms with van der Waals surface area (Å²) < 4.78 is 6.96. The third-order valence-electron chi connectivity index (χ3n) is 12.2. The van der Waals surface area contributed by atoms with Crippen LogP contribution in [-0.4, -0.2) is 0 Å². The van der Waals surface area contributed by atoms with E-state index in [0.29, 0.717) is 0 Å². The van der Waals surface area contributed by atoms with Crippen molar-refractivity contribution in [2.75, 3.05) is 4.90 Å². The molecule has 1 aromatic heterocycles. The quantitative estimate of drug-likeness (QED) is 0.168. The Bertz CT molecular complexity index is 3590. The minimum atomic E-state index is 0.862. The Balaban J connectivity index is 1.02. The third-order valence-corrected chi connectivity index (χ3v) is 12.2. The smallest absolute Gasteiger partial charge is 0.159 e. The first-order valence-electron chi connectivity index (χ1n) is 20.6. The molecule has 0 aliphatic rings. The number of rotatable bonds is 6. The first kappa shape index (κ1) is 34.1. The molecule has 12 aromatic rings. The van der Waals surface area contributed by atoms with E-state index in [0.717, 1.165) is 44.4 Å². The predicted octanol–water partition coefficient (Wildman–Crippen LogP) is 16.7. The van der Waals surface area contributed by atoms with Crippen LogP contribution < -0.4 is 4.90 Å². The van der Waals surface area contributed by atoms with E-state index in [4.69, 9.17) is 4.42 Å². The van der Waals surface area contributed by atoms with Crippen molar-refractivity contribution in [3.8, 4) is 33.4 Å². The maximum atomic E-state index is 6.96. The van der Waals surface area contributed by atoms with E-state index in [2.05, 4.69) is 229 Å². The molecule has 0 N–H and O–H groups in total. The van der Waals surface area contributed by atoms with E-state index in [1.807, 2.05) is 0 Å². The number of furan rings is 1. The second-order valence-corrected chi connectivity index (χ2v) is 15.7. The van der Waals surface area contributed by atoms with E-state index in [1.165, 1.54) is 71.1 Å². The fourth-order valence-electron chi connectivity index (χ4n) is 9.27. The van der Waals surface area contributed by atoms with E-state index >= 15 is 0 Å². The van der Waals surface area contributed by atoms with Gasteiger partial charge in [-0.15, -0.1) is 0 Å². The van der Waals surface area contributed by atoms with Crippen LogP contribution in [-0.2, 0) is 0 Å². The molecule has 0 saturated heterocycles. The number of para-hydroxylation sites is 1. The van der Waals surface area contributed by atoms with Gasteiger partial charge in [-0.3, -0.25) is 0 Å². The molecule has 0 bridgehead atoms. The summed E-state index contributed by atoms with van der Waals surface area (Å²) in [5.74, 6) is 0. The van der Waals surface area contributed by atoms with Crippen LogP contribution in [0.1, 0.15) is 0 Å². The molecule has 11 aromatic carbocycles. The van der Waals surface area contributed by atoms with Gasteiger partial charge >= 0.3 is 0 Å². The van der Waals surface area contributed by atoms with Crippen molar-refractivity contribution in [2.45, 2.75) is 0 Å². The Morgan fingerprint density at radius 2 is 0.800 bits per heavy atom. The highest BCUT2D eigenvalue weighted by Crippen LogP contribution is 2.45. The number of nitrogens with zero attached hydrogens (tertiary/aromatic N) is 1. The van der Waals surface area contributed by atoms with Gasteiger partial charge in [0.25, 0.3) is 0 Å². The van der Waals surface area contributed by atoms with Crippen LogP contribution in [0.25, 0.3) is 98.4 Å². The molecule has 0 radical (unpaired) electrons. The maximum Gasteiger partial charge on any atom is 0.159 e. The van der Waals surface area contributed by atoms with Crippen molar-refractivity contribution >= 4 is 82.1 Å². The lowest BCUT2D eigenvalue weighted by molar-refractivity contribution is 0.673. The molecule has 0 aliphatic carbocycles. The van der Waals surface area contributed by atoms with Crippen molar-refractivity contribution in [1.82, 2.24) is 0 Å². The summed E-state index contributed by atoms with van der Waals surface area (Å²) >= 11 is 0. The van der Waals surface area contributed by atoms with Gasteiger partial charge in [0.1, 0.15) is 5.58 Å². The number of hydrogen-bond acceptors (Lipinski definition) is 2. The van der Waals surface area contributed by atoms with Crippen LogP contribution in [0.4, 0.5) is 17.1 Å². The molecule has 2 heteroatoms. The fourth-order valence-corrected chi connectivity index (χ4v) is 9.27. The van der Waals surface area contributed by atoms with E-state index in [9.17, 15) is 0 Å². The van der Waals surface area contributed by atoms with Crippen molar-refractivity contribution in [3.05, 3.63) is 224 Å². The molecular formula is C58H37NO. The molecule has 2 nitrogen and oxygen atoms in total. The van der Waals surface area contributed by atoms with Crippen LogP contribution in [0.3, 0.4) is 0 Å². The Kier molecular flexibility index (Phi) is 7.89. The number of benzene rings is 11. The van der Waals surface area contributed by atoms with Crippen molar-refractivity contribution in [1.29, 1.82) is 0 Å². The number of fused-ring (bicyclic) bond motifs is 8. The molecule has 0 saturated carbocycles. The van der Waals surface area contributed by atoms with Gasteiger partial charge in [0.15, 0.2) is 5.58 Å². The largest absolute Gasteiger partial charge is 0.453 e. The van der Waals surface area contributed by atoms with Crippen molar-refractivity contribution < 1.29 is 4.42 Å². The molecule has 1 heterocycles. The van der Waals surface area contributed by atoms with E-state index in [1.54, 1.807) is 0 Å². The van der Waals surface area contributed by atoms with Crippen LogP contribution in [0.5, 0.6) is 0 Å². The lowest BCUT2D eigenvalue weighted by atomic mass is 9.91. The zero-order chi connectivity index (χ0) is 39.6. The molecular weight excluding hydrogens is 727 g/mol. The highest BCUT2D eigenvalue weighted by atomic mass is 16.3. The second kappa shape index (κ2) is 13.9. The van der Waals surface area contributed by atoms with Crippen LogP contribution in [0.15, 0.2) is 229 Å². The molecule has 0 unspecified atom stereocenters. The predicted molar refractivity (Wildman–Crippen MR) is 255 cm³/mol. The van der Waals surface area contributed by atoms with Gasteiger partial charge in [-0.2, -0.15) is 0 Å². The van der Waals surface area contributed by atoms with Crippen LogP contribution in [0.2, 0.25) is 0 Å². The summed E-state index contributed by atoms with van der Waals surface area (Å²) in [6.07, 6.45) is 0. The summed E-state index contributed by atoms with van der Waals surface area (Å²) in [5.41, 5.74) is 12.1. The molecule has 280 valence electrons. The lowest BCUT2D eigenvalue weighted by Gasteiger charge is -2.26. The van der Waals surface area contributed by atoms with Gasteiger partial charge in [-0.05, 0) is 120 Å². The van der Waals surface area contributed by atoms with Gasteiger partial charge in [-0.1, -0.05) is 176 Å². The van der Waals surface area contributed by atoms with Gasteiger partial charge in [0.05, 0.1) is 5.69 Å². The SMILES string of the molecule is c1ccc(-c2cccc3cccc(-c4ccc(N(c5ccc6cc(-c7ccc8ccccc8c7)ccc6c5)c5cccc6c5oc5c7ccccc7ccc65)cc4)c23)cc1. The van der Waals surface area contributed by atoms with Gasteiger partial charge < -0.3 is 9.32 Å². The average molecular weight is 764 g/mol. The Morgan fingerprint density at radius 3 is 1.58 bits per heavy atom. The second-order valence-electron chi connectivity index (χ2n) is 15.7. The van der Waals surface area contributed by atoms with Gasteiger partial charge in [0.2, 0.25) is 0 Å². The Labute approximate surface area is 347 Å². The molecule has 0 spiro atoms. The maximum absolute atomic E-state index is 6.96. The van der Waals surface area contributed by atoms with Crippen molar-refractivity contribution in [2.24, 2.45) is 0 Å². The Hall–Kier alpha value is -7.94. The average Bonchev–Trinajstić information content (AvgIpc) is 3.72. The molecule has 60 heavy (non-hydrogen) atoms. The Morgan fingerprint density at radius 1 is 0.283 bits per heavy atom. The van der Waals surface area contributed by atoms with Crippen molar-refractivity contribution in [3.63, 3.8) is 0 Å². The normalized spacial score (nSPS) is 11.7. The van der Waals surface area contributed by atoms with Gasteiger partial charge in [-0.25, -0.2) is 0 Å². The van der Waals surface area contributed by atoms with E-state index in [-0.39, 0.29) is 0 Å². The number of anilines is 3. The highest BCUT2D eigenvalue weighted by molar-refractivity contribution is 6.17.